The summed E-state index contributed by atoms with van der Waals surface area (Å²) >= 11 is 0. The summed E-state index contributed by atoms with van der Waals surface area (Å²) < 4.78 is 5.80. The Hall–Kier alpha value is -2.29. The second kappa shape index (κ2) is 7.98. The Bertz CT molecular complexity index is 790. The summed E-state index contributed by atoms with van der Waals surface area (Å²) in [6.07, 6.45) is 0.756. The van der Waals surface area contributed by atoms with E-state index >= 15 is 0 Å². The molecule has 0 aromatic heterocycles. The van der Waals surface area contributed by atoms with Gasteiger partial charge in [0.25, 0.3) is 5.91 Å². The van der Waals surface area contributed by atoms with Crippen LogP contribution in [-0.2, 0) is 27.4 Å². The molecule has 3 heterocycles. The highest BCUT2D eigenvalue weighted by Gasteiger charge is 2.39. The van der Waals surface area contributed by atoms with E-state index in [0.717, 1.165) is 24.2 Å². The second-order valence-corrected chi connectivity index (χ2v) is 7.63. The molecular formula is C20H26N4O4. The van der Waals surface area contributed by atoms with Crippen LogP contribution in [0, 0.1) is 0 Å². The Morgan fingerprint density at radius 1 is 1.32 bits per heavy atom. The van der Waals surface area contributed by atoms with Gasteiger partial charge in [-0.2, -0.15) is 0 Å². The first-order chi connectivity index (χ1) is 13.5. The first kappa shape index (κ1) is 19.0. The number of fused-ring (bicyclic) bond motifs is 1. The van der Waals surface area contributed by atoms with Crippen LogP contribution in [0.4, 0.5) is 0 Å². The molecule has 1 aromatic rings. The number of hydrogen-bond donors (Lipinski definition) is 3. The summed E-state index contributed by atoms with van der Waals surface area (Å²) in [5.41, 5.74) is 2.66. The van der Waals surface area contributed by atoms with Crippen molar-refractivity contribution in [3.05, 3.63) is 34.9 Å². The Morgan fingerprint density at radius 3 is 2.93 bits per heavy atom. The largest absolute Gasteiger partial charge is 0.374 e. The normalized spacial score (nSPS) is 26.2. The lowest BCUT2D eigenvalue weighted by Crippen LogP contribution is -2.52. The van der Waals surface area contributed by atoms with Crippen LogP contribution in [0.25, 0.3) is 0 Å². The predicted molar refractivity (Wildman–Crippen MR) is 101 cm³/mol. The molecule has 3 aliphatic rings. The highest BCUT2D eigenvalue weighted by Crippen LogP contribution is 2.29. The SMILES string of the molecule is CC(NCc1cccc2c1CN(C1CCC(=O)NC1=O)C2=O)C1CNCCO1. The van der Waals surface area contributed by atoms with Crippen LogP contribution in [0.2, 0.25) is 0 Å². The zero-order valence-electron chi connectivity index (χ0n) is 16.0. The summed E-state index contributed by atoms with van der Waals surface area (Å²) in [6, 6.07) is 5.29. The van der Waals surface area contributed by atoms with E-state index in [1.807, 2.05) is 18.2 Å². The number of rotatable bonds is 5. The quantitative estimate of drug-likeness (QED) is 0.612. The molecule has 0 aliphatic carbocycles. The van der Waals surface area contributed by atoms with Gasteiger partial charge in [0, 0.05) is 44.2 Å². The van der Waals surface area contributed by atoms with Gasteiger partial charge in [-0.25, -0.2) is 0 Å². The van der Waals surface area contributed by atoms with Gasteiger partial charge in [0.2, 0.25) is 11.8 Å². The van der Waals surface area contributed by atoms with E-state index in [9.17, 15) is 14.4 Å². The standard InChI is InChI=1S/C20H26N4O4/c1-12(17-10-21-7-8-28-17)22-9-13-3-2-4-14-15(13)11-24(20(14)27)16-5-6-18(25)23-19(16)26/h2-4,12,16-17,21-22H,5-11H2,1H3,(H,23,25,26). The van der Waals surface area contributed by atoms with Crippen molar-refractivity contribution in [1.82, 2.24) is 20.9 Å². The van der Waals surface area contributed by atoms with E-state index in [1.165, 1.54) is 0 Å². The summed E-state index contributed by atoms with van der Waals surface area (Å²) in [5.74, 6) is -0.796. The third kappa shape index (κ3) is 3.67. The minimum Gasteiger partial charge on any atom is -0.374 e. The number of nitrogens with zero attached hydrogens (tertiary/aromatic N) is 1. The van der Waals surface area contributed by atoms with Crippen molar-refractivity contribution in [2.24, 2.45) is 0 Å². The zero-order valence-corrected chi connectivity index (χ0v) is 16.0. The van der Waals surface area contributed by atoms with Gasteiger partial charge >= 0.3 is 0 Å². The monoisotopic (exact) mass is 386 g/mol. The molecule has 3 atom stereocenters. The maximum Gasteiger partial charge on any atom is 0.255 e. The number of nitrogens with one attached hydrogen (secondary N) is 3. The fourth-order valence-corrected chi connectivity index (χ4v) is 4.12. The van der Waals surface area contributed by atoms with Crippen molar-refractivity contribution in [2.45, 2.75) is 51.0 Å². The van der Waals surface area contributed by atoms with Crippen LogP contribution in [-0.4, -0.2) is 60.5 Å². The van der Waals surface area contributed by atoms with Crippen molar-refractivity contribution >= 4 is 17.7 Å². The molecule has 28 heavy (non-hydrogen) atoms. The van der Waals surface area contributed by atoms with Crippen LogP contribution in [0.5, 0.6) is 0 Å². The number of imide groups is 1. The predicted octanol–water partition coefficient (Wildman–Crippen LogP) is -0.0859. The number of ether oxygens (including phenoxy) is 1. The van der Waals surface area contributed by atoms with E-state index in [0.29, 0.717) is 31.7 Å². The number of carbonyl (C=O) groups is 3. The molecule has 8 nitrogen and oxygen atoms in total. The third-order valence-corrected chi connectivity index (χ3v) is 5.81. The van der Waals surface area contributed by atoms with Crippen LogP contribution in [0.1, 0.15) is 41.3 Å². The van der Waals surface area contributed by atoms with E-state index in [4.69, 9.17) is 4.74 Å². The average Bonchev–Trinajstić information content (AvgIpc) is 3.04. The number of carbonyl (C=O) groups excluding carboxylic acids is 3. The summed E-state index contributed by atoms with van der Waals surface area (Å²) in [7, 11) is 0. The van der Waals surface area contributed by atoms with Gasteiger partial charge in [-0.15, -0.1) is 0 Å². The average molecular weight is 386 g/mol. The fraction of sp³-hybridized carbons (Fsp3) is 0.550. The number of hydrogen-bond acceptors (Lipinski definition) is 6. The maximum absolute atomic E-state index is 12.9. The van der Waals surface area contributed by atoms with Crippen LogP contribution < -0.4 is 16.0 Å². The molecule has 0 spiro atoms. The smallest absolute Gasteiger partial charge is 0.255 e. The first-order valence-corrected chi connectivity index (χ1v) is 9.85. The Labute approximate surface area is 164 Å². The van der Waals surface area contributed by atoms with Gasteiger partial charge in [0.1, 0.15) is 6.04 Å². The molecule has 2 saturated heterocycles. The first-order valence-electron chi connectivity index (χ1n) is 9.85. The van der Waals surface area contributed by atoms with Crippen LogP contribution in [0.3, 0.4) is 0 Å². The minimum absolute atomic E-state index is 0.118. The molecule has 4 rings (SSSR count). The molecule has 150 valence electrons. The van der Waals surface area contributed by atoms with Crippen molar-refractivity contribution < 1.29 is 19.1 Å². The lowest BCUT2D eigenvalue weighted by Gasteiger charge is -2.30. The van der Waals surface area contributed by atoms with Gasteiger partial charge in [-0.1, -0.05) is 12.1 Å². The van der Waals surface area contributed by atoms with Gasteiger partial charge in [0.05, 0.1) is 12.7 Å². The minimum atomic E-state index is -0.584. The van der Waals surface area contributed by atoms with Crippen molar-refractivity contribution in [1.29, 1.82) is 0 Å². The van der Waals surface area contributed by atoms with Gasteiger partial charge in [-0.05, 0) is 30.5 Å². The van der Waals surface area contributed by atoms with E-state index in [1.54, 1.807) is 4.90 Å². The van der Waals surface area contributed by atoms with Crippen LogP contribution in [0.15, 0.2) is 18.2 Å². The molecule has 0 saturated carbocycles. The topological polar surface area (TPSA) is 99.8 Å². The molecule has 0 bridgehead atoms. The Morgan fingerprint density at radius 2 is 2.18 bits per heavy atom. The third-order valence-electron chi connectivity index (χ3n) is 5.81. The summed E-state index contributed by atoms with van der Waals surface area (Å²) in [5, 5.41) is 9.18. The van der Waals surface area contributed by atoms with Gasteiger partial charge in [-0.3, -0.25) is 19.7 Å². The molecule has 3 aliphatic heterocycles. The number of benzene rings is 1. The lowest BCUT2D eigenvalue weighted by molar-refractivity contribution is -0.136. The number of morpholine rings is 1. The molecule has 3 N–H and O–H groups in total. The molecule has 3 unspecified atom stereocenters. The highest BCUT2D eigenvalue weighted by atomic mass is 16.5. The van der Waals surface area contributed by atoms with Gasteiger partial charge in [0.15, 0.2) is 0 Å². The second-order valence-electron chi connectivity index (χ2n) is 7.63. The Balaban J connectivity index is 1.45. The maximum atomic E-state index is 12.9. The summed E-state index contributed by atoms with van der Waals surface area (Å²) in [6.45, 7) is 5.54. The molecule has 1 aromatic carbocycles. The highest BCUT2D eigenvalue weighted by molar-refractivity contribution is 6.05. The van der Waals surface area contributed by atoms with E-state index < -0.39 is 6.04 Å². The van der Waals surface area contributed by atoms with E-state index in [2.05, 4.69) is 22.9 Å². The fourth-order valence-electron chi connectivity index (χ4n) is 4.12. The number of piperidine rings is 1. The van der Waals surface area contributed by atoms with Crippen molar-refractivity contribution in [3.63, 3.8) is 0 Å². The Kier molecular flexibility index (Phi) is 5.43. The molecular weight excluding hydrogens is 360 g/mol. The summed E-state index contributed by atoms with van der Waals surface area (Å²) in [4.78, 5) is 38.1. The van der Waals surface area contributed by atoms with Crippen molar-refractivity contribution in [3.8, 4) is 0 Å². The molecule has 8 heteroatoms. The molecule has 3 amide bonds. The zero-order chi connectivity index (χ0) is 19.7. The van der Waals surface area contributed by atoms with Gasteiger partial charge < -0.3 is 20.3 Å². The van der Waals surface area contributed by atoms with E-state index in [-0.39, 0.29) is 36.3 Å². The molecule has 2 fully saturated rings. The van der Waals surface area contributed by atoms with Crippen LogP contribution >= 0.6 is 0 Å². The lowest BCUT2D eigenvalue weighted by atomic mass is 10.0. The van der Waals surface area contributed by atoms with Crippen molar-refractivity contribution in [2.75, 3.05) is 19.7 Å². The molecule has 0 radical (unpaired) electrons. The number of amides is 3.